The zero-order chi connectivity index (χ0) is 20.2. The predicted molar refractivity (Wildman–Crippen MR) is 112 cm³/mol. The van der Waals surface area contributed by atoms with Crippen LogP contribution >= 0.6 is 0 Å². The van der Waals surface area contributed by atoms with Crippen molar-refractivity contribution in [2.75, 3.05) is 26.3 Å². The monoisotopic (exact) mass is 393 g/mol. The minimum atomic E-state index is -0.245. The molecule has 2 heterocycles. The Bertz CT molecular complexity index is 995. The molecule has 1 unspecified atom stereocenters. The molecule has 6 nitrogen and oxygen atoms in total. The van der Waals surface area contributed by atoms with Crippen LogP contribution in [0.1, 0.15) is 24.1 Å². The number of halogens is 1. The second kappa shape index (κ2) is 8.45. The molecular formula is C22H24FN5O. The number of aromatic amines is 1. The van der Waals surface area contributed by atoms with E-state index in [0.717, 1.165) is 29.9 Å². The predicted octanol–water partition coefficient (Wildman–Crippen LogP) is 3.65. The summed E-state index contributed by atoms with van der Waals surface area (Å²) >= 11 is 0. The number of nitrogens with two attached hydrogens (primary N) is 1. The van der Waals surface area contributed by atoms with Gasteiger partial charge in [-0.1, -0.05) is 49.4 Å². The standard InChI is InChI=1S/C22H24FN5O/c1-15(17-7-8-18(19(23)13-17)16-5-3-2-4-6-16)20-14-21(27-26-20)25-22(24)28-9-11-29-12-10-28/h2-8,13-15H,9-12H2,1H3,(H3,24,25,26,27). The van der Waals surface area contributed by atoms with E-state index in [4.69, 9.17) is 10.5 Å². The largest absolute Gasteiger partial charge is 0.378 e. The van der Waals surface area contributed by atoms with Crippen molar-refractivity contribution in [3.05, 3.63) is 71.7 Å². The molecule has 1 aromatic heterocycles. The number of aromatic nitrogens is 2. The zero-order valence-electron chi connectivity index (χ0n) is 16.3. The average molecular weight is 393 g/mol. The van der Waals surface area contributed by atoms with Crippen LogP contribution in [-0.2, 0) is 4.74 Å². The molecular weight excluding hydrogens is 369 g/mol. The highest BCUT2D eigenvalue weighted by molar-refractivity contribution is 5.80. The van der Waals surface area contributed by atoms with Crippen molar-refractivity contribution in [3.8, 4) is 11.1 Å². The molecule has 0 bridgehead atoms. The summed E-state index contributed by atoms with van der Waals surface area (Å²) in [5, 5.41) is 7.26. The Morgan fingerprint density at radius 2 is 1.93 bits per heavy atom. The molecule has 1 saturated heterocycles. The van der Waals surface area contributed by atoms with E-state index in [1.54, 1.807) is 6.07 Å². The molecule has 1 aliphatic heterocycles. The first-order valence-corrected chi connectivity index (χ1v) is 9.69. The van der Waals surface area contributed by atoms with Crippen LogP contribution in [0.3, 0.4) is 0 Å². The molecule has 1 aliphatic rings. The van der Waals surface area contributed by atoms with Gasteiger partial charge in [0.15, 0.2) is 11.8 Å². The van der Waals surface area contributed by atoms with Crippen LogP contribution in [0, 0.1) is 5.82 Å². The number of rotatable bonds is 4. The van der Waals surface area contributed by atoms with Gasteiger partial charge in [0, 0.05) is 30.6 Å². The van der Waals surface area contributed by atoms with Gasteiger partial charge >= 0.3 is 0 Å². The van der Waals surface area contributed by atoms with Crippen molar-refractivity contribution in [1.29, 1.82) is 0 Å². The Balaban J connectivity index is 1.51. The molecule has 3 N–H and O–H groups in total. The molecule has 1 atom stereocenters. The van der Waals surface area contributed by atoms with Crippen molar-refractivity contribution in [2.24, 2.45) is 10.7 Å². The van der Waals surface area contributed by atoms with Crippen LogP contribution in [-0.4, -0.2) is 47.4 Å². The molecule has 29 heavy (non-hydrogen) atoms. The Hall–Kier alpha value is -3.19. The molecule has 7 heteroatoms. The molecule has 0 radical (unpaired) electrons. The van der Waals surface area contributed by atoms with Gasteiger partial charge in [-0.25, -0.2) is 4.39 Å². The summed E-state index contributed by atoms with van der Waals surface area (Å²) in [6.07, 6.45) is 0. The maximum Gasteiger partial charge on any atom is 0.198 e. The summed E-state index contributed by atoms with van der Waals surface area (Å²) in [7, 11) is 0. The lowest BCUT2D eigenvalue weighted by atomic mass is 9.95. The van der Waals surface area contributed by atoms with E-state index in [0.29, 0.717) is 30.6 Å². The number of aliphatic imine (C=N–C) groups is 1. The number of nitrogens with one attached hydrogen (secondary N) is 1. The highest BCUT2D eigenvalue weighted by Crippen LogP contribution is 2.29. The number of morpholine rings is 1. The molecule has 3 aromatic rings. The summed E-state index contributed by atoms with van der Waals surface area (Å²) in [4.78, 5) is 6.40. The molecule has 0 saturated carbocycles. The summed E-state index contributed by atoms with van der Waals surface area (Å²) in [6, 6.07) is 16.7. The number of hydrogen-bond acceptors (Lipinski definition) is 3. The van der Waals surface area contributed by atoms with Gasteiger partial charge in [-0.15, -0.1) is 0 Å². The third-order valence-corrected chi connectivity index (χ3v) is 5.18. The molecule has 150 valence electrons. The van der Waals surface area contributed by atoms with Crippen LogP contribution in [0.5, 0.6) is 0 Å². The number of guanidine groups is 1. The van der Waals surface area contributed by atoms with Crippen molar-refractivity contribution in [1.82, 2.24) is 15.1 Å². The molecule has 0 spiro atoms. The first kappa shape index (κ1) is 19.1. The quantitative estimate of drug-likeness (QED) is 0.524. The van der Waals surface area contributed by atoms with Crippen molar-refractivity contribution in [3.63, 3.8) is 0 Å². The van der Waals surface area contributed by atoms with Crippen LogP contribution < -0.4 is 5.73 Å². The number of ether oxygens (including phenoxy) is 1. The second-order valence-corrected chi connectivity index (χ2v) is 7.07. The lowest BCUT2D eigenvalue weighted by Gasteiger charge is -2.27. The van der Waals surface area contributed by atoms with Gasteiger partial charge in [0.05, 0.1) is 18.9 Å². The number of hydrogen-bond donors (Lipinski definition) is 2. The normalized spacial score (nSPS) is 16.1. The second-order valence-electron chi connectivity index (χ2n) is 7.07. The van der Waals surface area contributed by atoms with Gasteiger partial charge in [-0.05, 0) is 17.2 Å². The minimum absolute atomic E-state index is 0.0841. The van der Waals surface area contributed by atoms with Crippen LogP contribution in [0.4, 0.5) is 10.2 Å². The van der Waals surface area contributed by atoms with Gasteiger partial charge in [-0.3, -0.25) is 5.10 Å². The first-order valence-electron chi connectivity index (χ1n) is 9.69. The van der Waals surface area contributed by atoms with Gasteiger partial charge in [-0.2, -0.15) is 10.1 Å². The Morgan fingerprint density at radius 3 is 2.66 bits per heavy atom. The fraction of sp³-hybridized carbons (Fsp3) is 0.273. The van der Waals surface area contributed by atoms with E-state index < -0.39 is 0 Å². The zero-order valence-corrected chi connectivity index (χ0v) is 16.3. The average Bonchev–Trinajstić information content (AvgIpc) is 3.23. The smallest absolute Gasteiger partial charge is 0.198 e. The Morgan fingerprint density at radius 1 is 1.17 bits per heavy atom. The Labute approximate surface area is 169 Å². The first-order chi connectivity index (χ1) is 14.1. The fourth-order valence-corrected chi connectivity index (χ4v) is 3.42. The van der Waals surface area contributed by atoms with Crippen molar-refractivity contribution >= 4 is 11.8 Å². The summed E-state index contributed by atoms with van der Waals surface area (Å²) in [5.41, 5.74) is 9.18. The molecule has 2 aromatic carbocycles. The highest BCUT2D eigenvalue weighted by Gasteiger charge is 2.16. The van der Waals surface area contributed by atoms with E-state index in [9.17, 15) is 4.39 Å². The van der Waals surface area contributed by atoms with Gasteiger partial charge < -0.3 is 15.4 Å². The maximum atomic E-state index is 14.7. The summed E-state index contributed by atoms with van der Waals surface area (Å²) in [6.45, 7) is 4.73. The lowest BCUT2D eigenvalue weighted by Crippen LogP contribution is -2.44. The summed E-state index contributed by atoms with van der Waals surface area (Å²) < 4.78 is 20.0. The molecule has 4 rings (SSSR count). The van der Waals surface area contributed by atoms with Gasteiger partial charge in [0.1, 0.15) is 5.82 Å². The van der Waals surface area contributed by atoms with E-state index >= 15 is 0 Å². The lowest BCUT2D eigenvalue weighted by molar-refractivity contribution is 0.0675. The van der Waals surface area contributed by atoms with E-state index in [1.165, 1.54) is 0 Å². The van der Waals surface area contributed by atoms with Crippen molar-refractivity contribution < 1.29 is 9.13 Å². The third kappa shape index (κ3) is 4.30. The molecule has 1 fully saturated rings. The highest BCUT2D eigenvalue weighted by atomic mass is 19.1. The molecule has 0 amide bonds. The topological polar surface area (TPSA) is 79.5 Å². The van der Waals surface area contributed by atoms with E-state index in [-0.39, 0.29) is 11.7 Å². The fourth-order valence-electron chi connectivity index (χ4n) is 3.42. The van der Waals surface area contributed by atoms with Crippen LogP contribution in [0.25, 0.3) is 11.1 Å². The summed E-state index contributed by atoms with van der Waals surface area (Å²) in [5.74, 6) is 0.691. The van der Waals surface area contributed by atoms with Gasteiger partial charge in [0.2, 0.25) is 0 Å². The number of benzene rings is 2. The van der Waals surface area contributed by atoms with Crippen molar-refractivity contribution in [2.45, 2.75) is 12.8 Å². The van der Waals surface area contributed by atoms with E-state index in [2.05, 4.69) is 15.2 Å². The van der Waals surface area contributed by atoms with E-state index in [1.807, 2.05) is 60.4 Å². The third-order valence-electron chi connectivity index (χ3n) is 5.18. The molecule has 0 aliphatic carbocycles. The van der Waals surface area contributed by atoms with Gasteiger partial charge in [0.25, 0.3) is 0 Å². The maximum absolute atomic E-state index is 14.7. The number of H-pyrrole nitrogens is 1. The minimum Gasteiger partial charge on any atom is -0.378 e. The Kier molecular flexibility index (Phi) is 5.57. The SMILES string of the molecule is CC(c1ccc(-c2ccccc2)c(F)c1)c1cc(N=C(N)N2CCOCC2)[nH]n1. The number of nitrogens with zero attached hydrogens (tertiary/aromatic N) is 3. The van der Waals surface area contributed by atoms with Crippen LogP contribution in [0.15, 0.2) is 59.6 Å². The van der Waals surface area contributed by atoms with Crippen LogP contribution in [0.2, 0.25) is 0 Å².